The Bertz CT molecular complexity index is 170. The largest absolute Gasteiger partial charge is 0.295 e. The van der Waals surface area contributed by atoms with Crippen molar-refractivity contribution in [3.63, 3.8) is 0 Å². The molecule has 0 aromatic carbocycles. The van der Waals surface area contributed by atoms with E-state index in [1.54, 1.807) is 5.57 Å². The zero-order chi connectivity index (χ0) is 11.8. The molecule has 0 saturated carbocycles. The first-order valence-corrected chi connectivity index (χ1v) is 8.92. The first-order chi connectivity index (χ1) is 6.95. The molecule has 0 aliphatic rings. The fourth-order valence-electron chi connectivity index (χ4n) is 2.32. The second-order valence-corrected chi connectivity index (χ2v) is 8.58. The van der Waals surface area contributed by atoms with Crippen molar-refractivity contribution in [2.24, 2.45) is 11.8 Å². The van der Waals surface area contributed by atoms with Crippen molar-refractivity contribution >= 4 is 14.1 Å². The lowest BCUT2D eigenvalue weighted by Gasteiger charge is -2.14. The topological polar surface area (TPSA) is 0 Å². The summed E-state index contributed by atoms with van der Waals surface area (Å²) in [6.07, 6.45) is 2.60. The summed E-state index contributed by atoms with van der Waals surface area (Å²) in [5.74, 6) is 1.76. The maximum absolute atomic E-state index is 2.67. The quantitative estimate of drug-likeness (QED) is 0.529. The molecule has 0 aliphatic heterocycles. The maximum Gasteiger partial charge on any atom is 0.295 e. The second kappa shape index (κ2) is 8.43. The van der Waals surface area contributed by atoms with Gasteiger partial charge in [0.15, 0.2) is 0 Å². The highest BCUT2D eigenvalue weighted by Gasteiger charge is 2.17. The summed E-state index contributed by atoms with van der Waals surface area (Å²) in [7, 11) is 0. The van der Waals surface area contributed by atoms with E-state index >= 15 is 0 Å². The van der Waals surface area contributed by atoms with Crippen LogP contribution in [0.5, 0.6) is 0 Å². The van der Waals surface area contributed by atoms with E-state index in [1.165, 1.54) is 23.4 Å². The molecule has 0 amide bonds. The van der Waals surface area contributed by atoms with Gasteiger partial charge in [-0.15, -0.1) is 4.94 Å². The van der Waals surface area contributed by atoms with E-state index in [-0.39, 0.29) is 0 Å². The van der Waals surface area contributed by atoms with Gasteiger partial charge in [0.25, 0.3) is 14.1 Å². The lowest BCUT2D eigenvalue weighted by atomic mass is 10.2. The Kier molecular flexibility index (Phi) is 8.58. The summed E-state index contributed by atoms with van der Waals surface area (Å²) in [6.45, 7) is 14.1. The van der Waals surface area contributed by atoms with E-state index in [1.807, 2.05) is 0 Å². The van der Waals surface area contributed by atoms with Crippen molar-refractivity contribution < 1.29 is 0 Å². The third-order valence-corrected chi connectivity index (χ3v) is 6.85. The van der Waals surface area contributed by atoms with Gasteiger partial charge in [0.1, 0.15) is 0 Å². The Morgan fingerprint density at radius 2 is 1.53 bits per heavy atom. The molecular weight excluding hydrogens is 195 g/mol. The predicted octanol–water partition coefficient (Wildman–Crippen LogP) is 5.08. The summed E-state index contributed by atoms with van der Waals surface area (Å²) in [6, 6.07) is 0. The van der Waals surface area contributed by atoms with Gasteiger partial charge >= 0.3 is 0 Å². The van der Waals surface area contributed by atoms with Crippen LogP contribution >= 0.6 is 0 Å². The molecule has 0 radical (unpaired) electrons. The van der Waals surface area contributed by atoms with Gasteiger partial charge < -0.3 is 0 Å². The SMILES string of the molecule is CCCC(C)=[CH][Al]([CH2]C(C)C)[CH2]C(C)C. The van der Waals surface area contributed by atoms with Gasteiger partial charge in [-0.25, -0.2) is 0 Å². The molecule has 0 atom stereocenters. The molecule has 0 fully saturated rings. The average Bonchev–Trinajstić information content (AvgIpc) is 2.00. The van der Waals surface area contributed by atoms with Crippen LogP contribution in [0, 0.1) is 11.8 Å². The Labute approximate surface area is 102 Å². The van der Waals surface area contributed by atoms with E-state index in [0.717, 1.165) is 11.8 Å². The van der Waals surface area contributed by atoms with Crippen molar-refractivity contribution in [2.75, 3.05) is 0 Å². The van der Waals surface area contributed by atoms with Gasteiger partial charge in [-0.05, 0) is 13.3 Å². The third-order valence-electron chi connectivity index (χ3n) is 2.71. The van der Waals surface area contributed by atoms with E-state index in [0.29, 0.717) is 0 Å². The van der Waals surface area contributed by atoms with Crippen LogP contribution in [0.3, 0.4) is 0 Å². The highest BCUT2D eigenvalue weighted by atomic mass is 27.2. The molecule has 0 aliphatic carbocycles. The predicted molar refractivity (Wildman–Crippen MR) is 73.7 cm³/mol. The minimum absolute atomic E-state index is 0.601. The standard InChI is InChI=1S/C6H11.2C4H9.Al/c1-4-5-6(2)3;2*1-4(2)3;/h2H,4-5H2,1,3H3;2*4H,1H2,2-3H3;. The van der Waals surface area contributed by atoms with Crippen molar-refractivity contribution in [1.29, 1.82) is 0 Å². The van der Waals surface area contributed by atoms with Gasteiger partial charge in [-0.3, -0.25) is 0 Å². The van der Waals surface area contributed by atoms with E-state index < -0.39 is 14.1 Å². The molecule has 0 aromatic rings. The smallest absolute Gasteiger partial charge is 0.145 e. The van der Waals surface area contributed by atoms with Crippen LogP contribution in [0.1, 0.15) is 54.4 Å². The number of rotatable bonds is 7. The Morgan fingerprint density at radius 3 is 1.87 bits per heavy atom. The highest BCUT2D eigenvalue weighted by molar-refractivity contribution is 6.64. The van der Waals surface area contributed by atoms with Crippen molar-refractivity contribution in [1.82, 2.24) is 0 Å². The number of hydrogen-bond acceptors (Lipinski definition) is 0. The minimum Gasteiger partial charge on any atom is -0.145 e. The van der Waals surface area contributed by atoms with Crippen LogP contribution in [0.25, 0.3) is 0 Å². The van der Waals surface area contributed by atoms with Crippen LogP contribution in [-0.4, -0.2) is 14.1 Å². The normalized spacial score (nSPS) is 12.7. The second-order valence-electron chi connectivity index (χ2n) is 5.78. The maximum atomic E-state index is 2.67. The van der Waals surface area contributed by atoms with Gasteiger partial charge in [0.05, 0.1) is 0 Å². The summed E-state index contributed by atoms with van der Waals surface area (Å²) in [5, 5.41) is 2.97. The van der Waals surface area contributed by atoms with Gasteiger partial charge in [0.2, 0.25) is 0 Å². The molecule has 88 valence electrons. The molecule has 0 rings (SSSR count). The Hall–Kier alpha value is 0.272. The molecular formula is C14H29Al. The Balaban J connectivity index is 4.28. The number of hydrogen-bond donors (Lipinski definition) is 0. The van der Waals surface area contributed by atoms with Gasteiger partial charge in [0, 0.05) is 0 Å². The zero-order valence-electron chi connectivity index (χ0n) is 11.6. The molecule has 0 nitrogen and oxygen atoms in total. The summed E-state index contributed by atoms with van der Waals surface area (Å²) >= 11 is -0.601. The summed E-state index contributed by atoms with van der Waals surface area (Å²) in [4.78, 5) is 2.67. The summed E-state index contributed by atoms with van der Waals surface area (Å²) in [5.41, 5.74) is 1.65. The van der Waals surface area contributed by atoms with Crippen LogP contribution < -0.4 is 0 Å². The zero-order valence-corrected chi connectivity index (χ0v) is 12.8. The molecule has 0 spiro atoms. The van der Waals surface area contributed by atoms with Crippen LogP contribution in [-0.2, 0) is 0 Å². The minimum atomic E-state index is -0.601. The van der Waals surface area contributed by atoms with Gasteiger partial charge in [-0.1, -0.05) is 69.0 Å². The molecule has 0 heterocycles. The fourth-order valence-corrected chi connectivity index (χ4v) is 6.18. The lowest BCUT2D eigenvalue weighted by Crippen LogP contribution is -2.15. The van der Waals surface area contributed by atoms with Crippen LogP contribution in [0.2, 0.25) is 10.6 Å². The van der Waals surface area contributed by atoms with Crippen molar-refractivity contribution in [2.45, 2.75) is 64.9 Å². The van der Waals surface area contributed by atoms with E-state index in [4.69, 9.17) is 0 Å². The first-order valence-electron chi connectivity index (χ1n) is 6.63. The van der Waals surface area contributed by atoms with E-state index in [9.17, 15) is 0 Å². The molecule has 15 heavy (non-hydrogen) atoms. The number of allylic oxidation sites excluding steroid dienone is 1. The van der Waals surface area contributed by atoms with Gasteiger partial charge in [-0.2, -0.15) is 0 Å². The molecule has 0 bridgehead atoms. The van der Waals surface area contributed by atoms with Crippen LogP contribution in [0.15, 0.2) is 10.5 Å². The molecule has 0 N–H and O–H groups in total. The monoisotopic (exact) mass is 224 g/mol. The lowest BCUT2D eigenvalue weighted by molar-refractivity contribution is 0.693. The fraction of sp³-hybridized carbons (Fsp3) is 0.857. The molecule has 0 saturated heterocycles. The third kappa shape index (κ3) is 9.22. The van der Waals surface area contributed by atoms with Crippen molar-refractivity contribution in [3.8, 4) is 0 Å². The van der Waals surface area contributed by atoms with Crippen LogP contribution in [0.4, 0.5) is 0 Å². The first kappa shape index (κ1) is 15.3. The van der Waals surface area contributed by atoms with E-state index in [2.05, 4.69) is 46.5 Å². The van der Waals surface area contributed by atoms with Crippen molar-refractivity contribution in [3.05, 3.63) is 10.5 Å². The molecule has 0 unspecified atom stereocenters. The average molecular weight is 224 g/mol. The Morgan fingerprint density at radius 1 is 1.07 bits per heavy atom. The highest BCUT2D eigenvalue weighted by Crippen LogP contribution is 2.17. The summed E-state index contributed by atoms with van der Waals surface area (Å²) < 4.78 is 0. The molecule has 0 aromatic heterocycles. The molecule has 1 heteroatoms.